The average Bonchev–Trinajstić information content (AvgIpc) is 2.75. The van der Waals surface area contributed by atoms with Gasteiger partial charge < -0.3 is 10.2 Å². The van der Waals surface area contributed by atoms with Gasteiger partial charge in [-0.2, -0.15) is 20.1 Å². The van der Waals surface area contributed by atoms with Crippen LogP contribution in [0.25, 0.3) is 0 Å². The summed E-state index contributed by atoms with van der Waals surface area (Å²) in [5, 5.41) is 8.11. The number of nitrogens with one attached hydrogen (secondary N) is 2. The molecule has 29 heavy (non-hydrogen) atoms. The highest BCUT2D eigenvalue weighted by Crippen LogP contribution is 2.15. The summed E-state index contributed by atoms with van der Waals surface area (Å²) in [5.41, 5.74) is 4.83. The zero-order chi connectivity index (χ0) is 20.5. The molecule has 0 unspecified atom stereocenters. The molecule has 8 heteroatoms. The molecule has 2 aromatic carbocycles. The predicted octanol–water partition coefficient (Wildman–Crippen LogP) is 4.43. The largest absolute Gasteiger partial charge is 0.350 e. The van der Waals surface area contributed by atoms with Crippen molar-refractivity contribution in [2.45, 2.75) is 20.4 Å². The van der Waals surface area contributed by atoms with Gasteiger partial charge >= 0.3 is 0 Å². The minimum atomic E-state index is 0.362. The second-order valence-electron chi connectivity index (χ2n) is 6.19. The Balaban J connectivity index is 1.79. The Morgan fingerprint density at radius 3 is 2.34 bits per heavy atom. The van der Waals surface area contributed by atoms with Gasteiger partial charge in [-0.1, -0.05) is 60.1 Å². The van der Waals surface area contributed by atoms with E-state index < -0.39 is 0 Å². The minimum absolute atomic E-state index is 0.362. The summed E-state index contributed by atoms with van der Waals surface area (Å²) in [6.07, 6.45) is 1.64. The van der Waals surface area contributed by atoms with E-state index in [1.54, 1.807) is 6.21 Å². The van der Waals surface area contributed by atoms with Gasteiger partial charge in [-0.05, 0) is 25.5 Å². The molecule has 0 saturated heterocycles. The van der Waals surface area contributed by atoms with Gasteiger partial charge in [-0.25, -0.2) is 5.43 Å². The summed E-state index contributed by atoms with van der Waals surface area (Å²) in [7, 11) is 0. The van der Waals surface area contributed by atoms with E-state index in [0.29, 0.717) is 29.4 Å². The van der Waals surface area contributed by atoms with Crippen LogP contribution in [-0.4, -0.2) is 34.3 Å². The Labute approximate surface area is 175 Å². The van der Waals surface area contributed by atoms with Crippen LogP contribution >= 0.6 is 11.6 Å². The summed E-state index contributed by atoms with van der Waals surface area (Å²) in [6, 6.07) is 17.6. The molecule has 0 aliphatic rings. The smallest absolute Gasteiger partial charge is 0.250 e. The molecule has 0 spiro atoms. The Bertz CT molecular complexity index is 943. The molecule has 0 aliphatic heterocycles. The van der Waals surface area contributed by atoms with Crippen LogP contribution in [0.4, 0.5) is 17.8 Å². The van der Waals surface area contributed by atoms with Crippen LogP contribution in [0, 0.1) is 0 Å². The Morgan fingerprint density at radius 1 is 0.931 bits per heavy atom. The minimum Gasteiger partial charge on any atom is -0.350 e. The molecule has 0 amide bonds. The maximum atomic E-state index is 6.16. The lowest BCUT2D eigenvalue weighted by Crippen LogP contribution is -2.25. The van der Waals surface area contributed by atoms with E-state index >= 15 is 0 Å². The van der Waals surface area contributed by atoms with Crippen LogP contribution in [0.3, 0.4) is 0 Å². The number of anilines is 3. The van der Waals surface area contributed by atoms with Crippen molar-refractivity contribution in [2.75, 3.05) is 28.7 Å². The second kappa shape index (κ2) is 10.4. The molecule has 7 nitrogen and oxygen atoms in total. The van der Waals surface area contributed by atoms with E-state index in [1.807, 2.05) is 54.6 Å². The van der Waals surface area contributed by atoms with E-state index in [9.17, 15) is 0 Å². The van der Waals surface area contributed by atoms with Crippen molar-refractivity contribution in [3.05, 3.63) is 70.7 Å². The quantitative estimate of drug-likeness (QED) is 0.402. The number of rotatable bonds is 9. The molecule has 0 aliphatic carbocycles. The van der Waals surface area contributed by atoms with Gasteiger partial charge in [0.1, 0.15) is 0 Å². The SMILES string of the molecule is CCN(CC)c1nc(NCc2ccccc2)nc(NN=Cc2ccccc2Cl)n1. The predicted molar refractivity (Wildman–Crippen MR) is 120 cm³/mol. The normalized spacial score (nSPS) is 10.9. The Morgan fingerprint density at radius 2 is 1.62 bits per heavy atom. The second-order valence-corrected chi connectivity index (χ2v) is 6.59. The molecule has 0 fully saturated rings. The highest BCUT2D eigenvalue weighted by atomic mass is 35.5. The molecule has 0 saturated carbocycles. The number of hydrazone groups is 1. The number of benzene rings is 2. The average molecular weight is 410 g/mol. The zero-order valence-electron chi connectivity index (χ0n) is 16.5. The van der Waals surface area contributed by atoms with Crippen LogP contribution < -0.4 is 15.6 Å². The fourth-order valence-electron chi connectivity index (χ4n) is 2.66. The molecule has 0 radical (unpaired) electrons. The molecular weight excluding hydrogens is 386 g/mol. The van der Waals surface area contributed by atoms with Crippen LogP contribution in [0.15, 0.2) is 59.7 Å². The van der Waals surface area contributed by atoms with E-state index in [1.165, 1.54) is 0 Å². The topological polar surface area (TPSA) is 78.3 Å². The fraction of sp³-hybridized carbons (Fsp3) is 0.238. The highest BCUT2D eigenvalue weighted by molar-refractivity contribution is 6.33. The van der Waals surface area contributed by atoms with Crippen molar-refractivity contribution in [3.8, 4) is 0 Å². The van der Waals surface area contributed by atoms with Crippen molar-refractivity contribution in [2.24, 2.45) is 5.10 Å². The molecule has 3 aromatic rings. The lowest BCUT2D eigenvalue weighted by molar-refractivity contribution is 0.812. The van der Waals surface area contributed by atoms with Gasteiger partial charge in [0.25, 0.3) is 0 Å². The monoisotopic (exact) mass is 409 g/mol. The number of aromatic nitrogens is 3. The van der Waals surface area contributed by atoms with Crippen molar-refractivity contribution >= 4 is 35.7 Å². The van der Waals surface area contributed by atoms with Crippen LogP contribution in [0.1, 0.15) is 25.0 Å². The van der Waals surface area contributed by atoms with E-state index in [4.69, 9.17) is 11.6 Å². The first-order valence-corrected chi connectivity index (χ1v) is 9.89. The van der Waals surface area contributed by atoms with Gasteiger partial charge in [0.15, 0.2) is 0 Å². The standard InChI is InChI=1S/C21H24ClN7/c1-3-29(4-2)21-26-19(23-14-16-10-6-5-7-11-16)25-20(27-21)28-24-15-17-12-8-9-13-18(17)22/h5-13,15H,3-4,14H2,1-2H3,(H2,23,25,26,27,28). The third-order valence-electron chi connectivity index (χ3n) is 4.24. The van der Waals surface area contributed by atoms with Gasteiger partial charge in [-0.3, -0.25) is 0 Å². The van der Waals surface area contributed by atoms with Crippen LogP contribution in [0.2, 0.25) is 5.02 Å². The number of hydrogen-bond acceptors (Lipinski definition) is 7. The molecular formula is C21H24ClN7. The first-order valence-electron chi connectivity index (χ1n) is 9.52. The van der Waals surface area contributed by atoms with Crippen molar-refractivity contribution in [1.82, 2.24) is 15.0 Å². The van der Waals surface area contributed by atoms with Crippen molar-refractivity contribution < 1.29 is 0 Å². The molecule has 1 aromatic heterocycles. The van der Waals surface area contributed by atoms with E-state index in [0.717, 1.165) is 24.2 Å². The summed E-state index contributed by atoms with van der Waals surface area (Å²) in [5.74, 6) is 1.44. The summed E-state index contributed by atoms with van der Waals surface area (Å²) >= 11 is 6.16. The molecule has 0 atom stereocenters. The van der Waals surface area contributed by atoms with Crippen LogP contribution in [-0.2, 0) is 6.54 Å². The maximum Gasteiger partial charge on any atom is 0.250 e. The maximum absolute atomic E-state index is 6.16. The lowest BCUT2D eigenvalue weighted by atomic mass is 10.2. The van der Waals surface area contributed by atoms with Gasteiger partial charge in [0.05, 0.1) is 6.21 Å². The van der Waals surface area contributed by atoms with Crippen molar-refractivity contribution in [1.29, 1.82) is 0 Å². The molecule has 0 bridgehead atoms. The molecule has 2 N–H and O–H groups in total. The Hall–Kier alpha value is -3.19. The van der Waals surface area contributed by atoms with E-state index in [-0.39, 0.29) is 0 Å². The van der Waals surface area contributed by atoms with E-state index in [2.05, 4.69) is 49.5 Å². The highest BCUT2D eigenvalue weighted by Gasteiger charge is 2.11. The molecule has 1 heterocycles. The third kappa shape index (κ3) is 5.89. The summed E-state index contributed by atoms with van der Waals surface area (Å²) < 4.78 is 0. The number of hydrogen-bond donors (Lipinski definition) is 2. The van der Waals surface area contributed by atoms with Crippen molar-refractivity contribution in [3.63, 3.8) is 0 Å². The first-order chi connectivity index (χ1) is 14.2. The third-order valence-corrected chi connectivity index (χ3v) is 4.58. The van der Waals surface area contributed by atoms with Gasteiger partial charge in [0, 0.05) is 30.2 Å². The number of halogens is 1. The molecule has 150 valence electrons. The van der Waals surface area contributed by atoms with Gasteiger partial charge in [-0.15, -0.1) is 0 Å². The zero-order valence-corrected chi connectivity index (χ0v) is 17.3. The summed E-state index contributed by atoms with van der Waals surface area (Å²) in [4.78, 5) is 15.5. The number of nitrogens with zero attached hydrogens (tertiary/aromatic N) is 5. The first kappa shape index (κ1) is 20.5. The lowest BCUT2D eigenvalue weighted by Gasteiger charge is -2.19. The van der Waals surface area contributed by atoms with Crippen LogP contribution in [0.5, 0.6) is 0 Å². The summed E-state index contributed by atoms with van der Waals surface area (Å²) in [6.45, 7) is 6.33. The van der Waals surface area contributed by atoms with Gasteiger partial charge in [0.2, 0.25) is 17.8 Å². The fourth-order valence-corrected chi connectivity index (χ4v) is 2.84. The molecule has 3 rings (SSSR count). The Kier molecular flexibility index (Phi) is 7.35.